The van der Waals surface area contributed by atoms with Gasteiger partial charge in [-0.2, -0.15) is 0 Å². The lowest BCUT2D eigenvalue weighted by atomic mass is 10.0. The second kappa shape index (κ2) is 19.9. The molecular weight excluding hydrogens is 432 g/mol. The van der Waals surface area contributed by atoms with Crippen LogP contribution in [0.15, 0.2) is 54.6 Å². The highest BCUT2D eigenvalue weighted by Crippen LogP contribution is 2.17. The van der Waals surface area contributed by atoms with Crippen LogP contribution in [-0.2, 0) is 11.4 Å². The molecule has 0 heterocycles. The normalized spacial score (nSPS) is 10.9. The van der Waals surface area contributed by atoms with Gasteiger partial charge >= 0.3 is 0 Å². The molecule has 0 aliphatic rings. The lowest BCUT2D eigenvalue weighted by molar-refractivity contribution is -0.115. The summed E-state index contributed by atoms with van der Waals surface area (Å²) in [6.45, 7) is 4.07. The minimum absolute atomic E-state index is 0.00619. The monoisotopic (exact) mass is 480 g/mol. The van der Waals surface area contributed by atoms with Gasteiger partial charge in [0.25, 0.3) is 0 Å². The maximum atomic E-state index is 12.2. The molecule has 0 bridgehead atoms. The molecule has 0 unspecified atom stereocenters. The van der Waals surface area contributed by atoms with Gasteiger partial charge < -0.3 is 15.4 Å². The SMILES string of the molecule is CCCCCCCCCCCCCCCCNCC(=O)Nc1ccc(OCc2ccccc2)cc1. The van der Waals surface area contributed by atoms with E-state index in [-0.39, 0.29) is 5.91 Å². The highest BCUT2D eigenvalue weighted by Gasteiger charge is 2.03. The number of unbranched alkanes of at least 4 members (excludes halogenated alkanes) is 13. The molecule has 0 aromatic heterocycles. The molecule has 2 aromatic rings. The molecule has 35 heavy (non-hydrogen) atoms. The van der Waals surface area contributed by atoms with Crippen LogP contribution in [0.4, 0.5) is 5.69 Å². The molecule has 0 spiro atoms. The van der Waals surface area contributed by atoms with Crippen LogP contribution >= 0.6 is 0 Å². The van der Waals surface area contributed by atoms with E-state index in [1.54, 1.807) is 0 Å². The van der Waals surface area contributed by atoms with Gasteiger partial charge in [0.15, 0.2) is 0 Å². The van der Waals surface area contributed by atoms with Crippen LogP contribution in [0.3, 0.4) is 0 Å². The summed E-state index contributed by atoms with van der Waals surface area (Å²) in [4.78, 5) is 12.2. The molecule has 2 aromatic carbocycles. The number of benzene rings is 2. The second-order valence-electron chi connectivity index (χ2n) is 9.62. The van der Waals surface area contributed by atoms with Gasteiger partial charge in [0, 0.05) is 5.69 Å². The van der Waals surface area contributed by atoms with Crippen LogP contribution in [0.1, 0.15) is 102 Å². The fourth-order valence-electron chi connectivity index (χ4n) is 4.23. The third-order valence-electron chi connectivity index (χ3n) is 6.38. The van der Waals surface area contributed by atoms with Crippen LogP contribution in [0.5, 0.6) is 5.75 Å². The minimum Gasteiger partial charge on any atom is -0.489 e. The van der Waals surface area contributed by atoms with Crippen molar-refractivity contribution in [1.82, 2.24) is 5.32 Å². The third kappa shape index (κ3) is 15.3. The number of hydrogen-bond acceptors (Lipinski definition) is 3. The molecule has 0 saturated carbocycles. The van der Waals surface area contributed by atoms with E-state index in [4.69, 9.17) is 4.74 Å². The van der Waals surface area contributed by atoms with Gasteiger partial charge in [-0.05, 0) is 42.8 Å². The molecule has 0 fully saturated rings. The van der Waals surface area contributed by atoms with Gasteiger partial charge in [-0.1, -0.05) is 121 Å². The van der Waals surface area contributed by atoms with Crippen molar-refractivity contribution in [3.05, 3.63) is 60.2 Å². The Kier molecular flexibility index (Phi) is 16.5. The number of ether oxygens (including phenoxy) is 1. The first-order valence-electron chi connectivity index (χ1n) is 14.1. The van der Waals surface area contributed by atoms with Crippen molar-refractivity contribution in [2.45, 2.75) is 103 Å². The average Bonchev–Trinajstić information content (AvgIpc) is 2.88. The van der Waals surface area contributed by atoms with Crippen molar-refractivity contribution >= 4 is 11.6 Å². The minimum atomic E-state index is -0.00619. The van der Waals surface area contributed by atoms with Crippen LogP contribution in [-0.4, -0.2) is 19.0 Å². The van der Waals surface area contributed by atoms with E-state index < -0.39 is 0 Å². The summed E-state index contributed by atoms with van der Waals surface area (Å²) in [5.74, 6) is 0.788. The molecule has 0 radical (unpaired) electrons. The number of carbonyl (C=O) groups excluding carboxylic acids is 1. The van der Waals surface area contributed by atoms with Gasteiger partial charge in [0.1, 0.15) is 12.4 Å². The van der Waals surface area contributed by atoms with Gasteiger partial charge in [-0.15, -0.1) is 0 Å². The zero-order chi connectivity index (χ0) is 24.8. The fourth-order valence-corrected chi connectivity index (χ4v) is 4.23. The maximum Gasteiger partial charge on any atom is 0.238 e. The third-order valence-corrected chi connectivity index (χ3v) is 6.38. The Labute approximate surface area is 214 Å². The van der Waals surface area contributed by atoms with E-state index in [1.165, 1.54) is 83.5 Å². The lowest BCUT2D eigenvalue weighted by Gasteiger charge is -2.09. The molecule has 0 atom stereocenters. The first kappa shape index (κ1) is 28.9. The highest BCUT2D eigenvalue weighted by molar-refractivity contribution is 5.92. The summed E-state index contributed by atoms with van der Waals surface area (Å²) in [6.07, 6.45) is 19.1. The highest BCUT2D eigenvalue weighted by atomic mass is 16.5. The summed E-state index contributed by atoms with van der Waals surface area (Å²) in [5, 5.41) is 6.20. The first-order chi connectivity index (χ1) is 17.3. The van der Waals surface area contributed by atoms with Crippen molar-refractivity contribution in [1.29, 1.82) is 0 Å². The van der Waals surface area contributed by atoms with E-state index in [0.29, 0.717) is 13.2 Å². The molecule has 2 rings (SSSR count). The van der Waals surface area contributed by atoms with Gasteiger partial charge in [-0.3, -0.25) is 4.79 Å². The predicted molar refractivity (Wildman–Crippen MR) is 149 cm³/mol. The first-order valence-corrected chi connectivity index (χ1v) is 14.1. The van der Waals surface area contributed by atoms with Crippen molar-refractivity contribution in [2.24, 2.45) is 0 Å². The predicted octanol–water partition coefficient (Wildman–Crippen LogP) is 8.28. The topological polar surface area (TPSA) is 50.4 Å². The molecule has 0 aliphatic carbocycles. The van der Waals surface area contributed by atoms with Gasteiger partial charge in [0.2, 0.25) is 5.91 Å². The van der Waals surface area contributed by atoms with E-state index in [2.05, 4.69) is 17.6 Å². The zero-order valence-corrected chi connectivity index (χ0v) is 22.0. The maximum absolute atomic E-state index is 12.2. The number of carbonyl (C=O) groups is 1. The van der Waals surface area contributed by atoms with Crippen molar-refractivity contribution in [3.8, 4) is 5.75 Å². The Morgan fingerprint density at radius 2 is 1.23 bits per heavy atom. The zero-order valence-electron chi connectivity index (χ0n) is 22.0. The van der Waals surface area contributed by atoms with Crippen molar-refractivity contribution in [3.63, 3.8) is 0 Å². The van der Waals surface area contributed by atoms with Crippen LogP contribution in [0.25, 0.3) is 0 Å². The smallest absolute Gasteiger partial charge is 0.238 e. The summed E-state index contributed by atoms with van der Waals surface area (Å²) >= 11 is 0. The van der Waals surface area contributed by atoms with Gasteiger partial charge in [-0.25, -0.2) is 0 Å². The summed E-state index contributed by atoms with van der Waals surface area (Å²) in [6, 6.07) is 17.6. The lowest BCUT2D eigenvalue weighted by Crippen LogP contribution is -2.28. The molecule has 1 amide bonds. The molecule has 4 nitrogen and oxygen atoms in total. The van der Waals surface area contributed by atoms with E-state index in [9.17, 15) is 4.79 Å². The fraction of sp³-hybridized carbons (Fsp3) is 0.581. The Morgan fingerprint density at radius 1 is 0.686 bits per heavy atom. The number of anilines is 1. The molecule has 4 heteroatoms. The standard InChI is InChI=1S/C31H48N2O2/c1-2-3-4-5-6-7-8-9-10-11-12-13-14-18-25-32-26-31(34)33-29-21-23-30(24-22-29)35-27-28-19-16-15-17-20-28/h15-17,19-24,32H,2-14,18,25-27H2,1H3,(H,33,34). The second-order valence-corrected chi connectivity index (χ2v) is 9.62. The van der Waals surface area contributed by atoms with E-state index >= 15 is 0 Å². The van der Waals surface area contributed by atoms with Crippen LogP contribution < -0.4 is 15.4 Å². The molecule has 0 aliphatic heterocycles. The van der Waals surface area contributed by atoms with Crippen LogP contribution in [0, 0.1) is 0 Å². The molecule has 2 N–H and O–H groups in total. The number of nitrogens with one attached hydrogen (secondary N) is 2. The summed E-state index contributed by atoms with van der Waals surface area (Å²) in [7, 11) is 0. The molecule has 194 valence electrons. The number of amides is 1. The van der Waals surface area contributed by atoms with Gasteiger partial charge in [0.05, 0.1) is 6.54 Å². The quantitative estimate of drug-likeness (QED) is 0.177. The Balaban J connectivity index is 1.38. The summed E-state index contributed by atoms with van der Waals surface area (Å²) < 4.78 is 5.79. The van der Waals surface area contributed by atoms with Crippen molar-refractivity contribution in [2.75, 3.05) is 18.4 Å². The summed E-state index contributed by atoms with van der Waals surface area (Å²) in [5.41, 5.74) is 1.93. The number of rotatable bonds is 21. The average molecular weight is 481 g/mol. The Morgan fingerprint density at radius 3 is 1.80 bits per heavy atom. The Bertz CT molecular complexity index is 761. The molecule has 0 saturated heterocycles. The van der Waals surface area contributed by atoms with Crippen molar-refractivity contribution < 1.29 is 9.53 Å². The largest absolute Gasteiger partial charge is 0.489 e. The number of hydrogen-bond donors (Lipinski definition) is 2. The van der Waals surface area contributed by atoms with E-state index in [0.717, 1.165) is 30.0 Å². The van der Waals surface area contributed by atoms with Crippen LogP contribution in [0.2, 0.25) is 0 Å². The van der Waals surface area contributed by atoms with E-state index in [1.807, 2.05) is 54.6 Å². The Hall–Kier alpha value is -2.33. The molecular formula is C31H48N2O2.